The largest absolute Gasteiger partial charge is 0.480 e. The van der Waals surface area contributed by atoms with E-state index < -0.39 is 11.5 Å². The number of rotatable bonds is 3. The van der Waals surface area contributed by atoms with Gasteiger partial charge in [-0.05, 0) is 31.4 Å². The van der Waals surface area contributed by atoms with Crippen LogP contribution in [0.1, 0.15) is 31.2 Å². The summed E-state index contributed by atoms with van der Waals surface area (Å²) in [5.41, 5.74) is 1.08. The molecule has 4 nitrogen and oxygen atoms in total. The maximum absolute atomic E-state index is 11.4. The lowest BCUT2D eigenvalue weighted by Crippen LogP contribution is -2.43. The number of carboxylic acids is 1. The van der Waals surface area contributed by atoms with Crippen molar-refractivity contribution in [1.82, 2.24) is 4.98 Å². The van der Waals surface area contributed by atoms with Crippen LogP contribution in [0.5, 0.6) is 0 Å². The van der Waals surface area contributed by atoms with Crippen molar-refractivity contribution >= 4 is 11.7 Å². The number of anilines is 1. The number of aryl methyl sites for hydroxylation is 1. The number of nitrogens with one attached hydrogen (secondary N) is 1. The first-order chi connectivity index (χ1) is 7.64. The minimum atomic E-state index is -0.772. The number of pyridine rings is 1. The molecule has 1 aliphatic carbocycles. The van der Waals surface area contributed by atoms with Gasteiger partial charge in [0.15, 0.2) is 0 Å². The molecule has 1 aromatic heterocycles. The Morgan fingerprint density at radius 1 is 1.50 bits per heavy atom. The van der Waals surface area contributed by atoms with Crippen molar-refractivity contribution in [2.45, 2.75) is 38.1 Å². The molecule has 1 fully saturated rings. The highest BCUT2D eigenvalue weighted by Crippen LogP contribution is 2.34. The van der Waals surface area contributed by atoms with E-state index in [2.05, 4.69) is 10.3 Å². The molecule has 0 bridgehead atoms. The minimum Gasteiger partial charge on any atom is -0.480 e. The maximum Gasteiger partial charge on any atom is 0.329 e. The highest BCUT2D eigenvalue weighted by atomic mass is 16.4. The van der Waals surface area contributed by atoms with Crippen molar-refractivity contribution < 1.29 is 9.90 Å². The second-order valence-corrected chi connectivity index (χ2v) is 4.41. The molecule has 2 N–H and O–H groups in total. The fraction of sp³-hybridized carbons (Fsp3) is 0.500. The van der Waals surface area contributed by atoms with Gasteiger partial charge >= 0.3 is 5.97 Å². The zero-order chi connectivity index (χ0) is 11.6. The average molecular weight is 220 g/mol. The molecule has 1 saturated carbocycles. The topological polar surface area (TPSA) is 62.2 Å². The van der Waals surface area contributed by atoms with Gasteiger partial charge in [-0.3, -0.25) is 4.98 Å². The van der Waals surface area contributed by atoms with Gasteiger partial charge in [0.2, 0.25) is 0 Å². The Kier molecular flexibility index (Phi) is 2.81. The van der Waals surface area contributed by atoms with E-state index in [-0.39, 0.29) is 0 Å². The Balaban J connectivity index is 2.25. The van der Waals surface area contributed by atoms with E-state index in [1.165, 1.54) is 0 Å². The lowest BCUT2D eigenvalue weighted by molar-refractivity contribution is -0.142. The van der Waals surface area contributed by atoms with Crippen LogP contribution in [0.25, 0.3) is 0 Å². The van der Waals surface area contributed by atoms with Crippen molar-refractivity contribution in [3.63, 3.8) is 0 Å². The van der Waals surface area contributed by atoms with Crippen molar-refractivity contribution in [2.75, 3.05) is 5.32 Å². The van der Waals surface area contributed by atoms with Gasteiger partial charge in [0.05, 0.1) is 0 Å². The van der Waals surface area contributed by atoms with Gasteiger partial charge in [-0.2, -0.15) is 0 Å². The summed E-state index contributed by atoms with van der Waals surface area (Å²) in [6.45, 7) is 1.93. The average Bonchev–Trinajstić information content (AvgIpc) is 2.71. The van der Waals surface area contributed by atoms with E-state index in [0.29, 0.717) is 12.8 Å². The van der Waals surface area contributed by atoms with Crippen LogP contribution < -0.4 is 5.32 Å². The molecule has 4 heteroatoms. The normalized spacial score (nSPS) is 18.3. The molecule has 0 aliphatic heterocycles. The molecule has 0 unspecified atom stereocenters. The highest BCUT2D eigenvalue weighted by molar-refractivity contribution is 5.83. The summed E-state index contributed by atoms with van der Waals surface area (Å²) >= 11 is 0. The SMILES string of the molecule is Cc1cnccc1NC1(C(=O)O)CCCC1. The lowest BCUT2D eigenvalue weighted by atomic mass is 9.97. The number of aromatic nitrogens is 1. The molecule has 2 rings (SSSR count). The molecular weight excluding hydrogens is 204 g/mol. The van der Waals surface area contributed by atoms with Crippen LogP contribution in [-0.4, -0.2) is 21.6 Å². The third-order valence-corrected chi connectivity index (χ3v) is 3.26. The maximum atomic E-state index is 11.4. The predicted molar refractivity (Wildman–Crippen MR) is 61.4 cm³/mol. The van der Waals surface area contributed by atoms with E-state index >= 15 is 0 Å². The molecule has 1 heterocycles. The lowest BCUT2D eigenvalue weighted by Gasteiger charge is -2.27. The van der Waals surface area contributed by atoms with Gasteiger partial charge < -0.3 is 10.4 Å². The van der Waals surface area contributed by atoms with Gasteiger partial charge in [-0.15, -0.1) is 0 Å². The van der Waals surface area contributed by atoms with Crippen molar-refractivity contribution in [3.05, 3.63) is 24.0 Å². The van der Waals surface area contributed by atoms with Gasteiger partial charge in [0.1, 0.15) is 5.54 Å². The van der Waals surface area contributed by atoms with Crippen LogP contribution in [0.3, 0.4) is 0 Å². The minimum absolute atomic E-state index is 0.699. The van der Waals surface area contributed by atoms with E-state index in [9.17, 15) is 9.90 Å². The quantitative estimate of drug-likeness (QED) is 0.819. The number of hydrogen-bond donors (Lipinski definition) is 2. The Morgan fingerprint density at radius 2 is 2.19 bits per heavy atom. The molecule has 0 saturated heterocycles. The fourth-order valence-electron chi connectivity index (χ4n) is 2.24. The van der Waals surface area contributed by atoms with E-state index in [1.54, 1.807) is 12.4 Å². The van der Waals surface area contributed by atoms with Crippen LogP contribution in [0.4, 0.5) is 5.69 Å². The first-order valence-corrected chi connectivity index (χ1v) is 5.56. The number of carbonyl (C=O) groups is 1. The van der Waals surface area contributed by atoms with Crippen LogP contribution in [0.15, 0.2) is 18.5 Å². The number of hydrogen-bond acceptors (Lipinski definition) is 3. The van der Waals surface area contributed by atoms with E-state index in [4.69, 9.17) is 0 Å². The summed E-state index contributed by atoms with van der Waals surface area (Å²) in [5.74, 6) is -0.749. The van der Waals surface area contributed by atoms with Gasteiger partial charge in [-0.1, -0.05) is 12.8 Å². The van der Waals surface area contributed by atoms with Crippen LogP contribution in [-0.2, 0) is 4.79 Å². The fourth-order valence-corrected chi connectivity index (χ4v) is 2.24. The van der Waals surface area contributed by atoms with E-state index in [0.717, 1.165) is 24.1 Å². The molecule has 16 heavy (non-hydrogen) atoms. The Bertz CT molecular complexity index is 398. The van der Waals surface area contributed by atoms with Gasteiger partial charge in [0.25, 0.3) is 0 Å². The summed E-state index contributed by atoms with van der Waals surface area (Å²) in [6.07, 6.45) is 6.77. The molecule has 0 atom stereocenters. The van der Waals surface area contributed by atoms with Crippen LogP contribution in [0.2, 0.25) is 0 Å². The summed E-state index contributed by atoms with van der Waals surface area (Å²) in [7, 11) is 0. The Hall–Kier alpha value is -1.58. The third kappa shape index (κ3) is 1.87. The van der Waals surface area contributed by atoms with Crippen LogP contribution in [0, 0.1) is 6.92 Å². The second kappa shape index (κ2) is 4.12. The number of nitrogens with zero attached hydrogens (tertiary/aromatic N) is 1. The molecular formula is C12H16N2O2. The second-order valence-electron chi connectivity index (χ2n) is 4.41. The summed E-state index contributed by atoms with van der Waals surface area (Å²) < 4.78 is 0. The standard InChI is InChI=1S/C12H16N2O2/c1-9-8-13-7-4-10(9)14-12(11(15)16)5-2-3-6-12/h4,7-8H,2-3,5-6H2,1H3,(H,13,14)(H,15,16). The summed E-state index contributed by atoms with van der Waals surface area (Å²) in [4.78, 5) is 15.4. The summed E-state index contributed by atoms with van der Waals surface area (Å²) in [6, 6.07) is 1.83. The zero-order valence-electron chi connectivity index (χ0n) is 9.36. The molecule has 0 radical (unpaired) electrons. The van der Waals surface area contributed by atoms with Gasteiger partial charge in [-0.25, -0.2) is 4.79 Å². The zero-order valence-corrected chi connectivity index (χ0v) is 9.36. The third-order valence-electron chi connectivity index (χ3n) is 3.26. The Morgan fingerprint density at radius 3 is 2.75 bits per heavy atom. The first kappa shape index (κ1) is 10.9. The first-order valence-electron chi connectivity index (χ1n) is 5.56. The molecule has 0 amide bonds. The predicted octanol–water partition coefficient (Wildman–Crippen LogP) is 2.20. The van der Waals surface area contributed by atoms with E-state index in [1.807, 2.05) is 13.0 Å². The highest BCUT2D eigenvalue weighted by Gasteiger charge is 2.41. The molecule has 1 aliphatic rings. The molecule has 1 aromatic rings. The molecule has 0 spiro atoms. The van der Waals surface area contributed by atoms with Crippen molar-refractivity contribution in [2.24, 2.45) is 0 Å². The summed E-state index contributed by atoms with van der Waals surface area (Å²) in [5, 5.41) is 12.5. The molecule has 86 valence electrons. The number of aliphatic carboxylic acids is 1. The number of carboxylic acid groups (broad SMARTS) is 1. The smallest absolute Gasteiger partial charge is 0.329 e. The monoisotopic (exact) mass is 220 g/mol. The van der Waals surface area contributed by atoms with Crippen molar-refractivity contribution in [1.29, 1.82) is 0 Å². The van der Waals surface area contributed by atoms with Crippen molar-refractivity contribution in [3.8, 4) is 0 Å². The van der Waals surface area contributed by atoms with Gasteiger partial charge in [0, 0.05) is 18.1 Å². The molecule has 0 aromatic carbocycles. The Labute approximate surface area is 94.7 Å². The van der Waals surface area contributed by atoms with Crippen LogP contribution >= 0.6 is 0 Å².